The van der Waals surface area contributed by atoms with Crippen molar-refractivity contribution in [2.24, 2.45) is 5.41 Å². The fourth-order valence-electron chi connectivity index (χ4n) is 2.91. The van der Waals surface area contributed by atoms with Gasteiger partial charge in [0.15, 0.2) is 0 Å². The fourth-order valence-corrected chi connectivity index (χ4v) is 2.91. The number of carbonyl (C=O) groups excluding carboxylic acids is 1. The molecule has 2 rings (SSSR count). The van der Waals surface area contributed by atoms with Crippen molar-refractivity contribution in [2.45, 2.75) is 33.6 Å². The van der Waals surface area contributed by atoms with E-state index in [1.807, 2.05) is 35.2 Å². The minimum Gasteiger partial charge on any atom is -0.494 e. The Bertz CT molecular complexity index is 474. The lowest BCUT2D eigenvalue weighted by molar-refractivity contribution is -0.133. The Morgan fingerprint density at radius 3 is 2.35 bits per heavy atom. The third kappa shape index (κ3) is 6.61. The van der Waals surface area contributed by atoms with Gasteiger partial charge < -0.3 is 9.64 Å². The minimum atomic E-state index is 0.261. The number of benzene rings is 1. The van der Waals surface area contributed by atoms with Crippen molar-refractivity contribution >= 4 is 5.91 Å². The smallest absolute Gasteiger partial charge is 0.222 e. The first-order valence-corrected chi connectivity index (χ1v) is 8.62. The van der Waals surface area contributed by atoms with Gasteiger partial charge in [-0.25, -0.2) is 0 Å². The molecule has 0 saturated carbocycles. The van der Waals surface area contributed by atoms with Gasteiger partial charge in [0, 0.05) is 39.1 Å². The Kier molecular flexibility index (Phi) is 6.46. The first-order valence-electron chi connectivity index (χ1n) is 8.62. The third-order valence-corrected chi connectivity index (χ3v) is 3.97. The van der Waals surface area contributed by atoms with Crippen LogP contribution in [0.5, 0.6) is 5.75 Å². The Morgan fingerprint density at radius 2 is 1.74 bits per heavy atom. The molecule has 1 aliphatic heterocycles. The molecule has 1 fully saturated rings. The number of para-hydroxylation sites is 1. The molecular formula is C19H30N2O2. The molecule has 1 aromatic rings. The topological polar surface area (TPSA) is 32.8 Å². The predicted molar refractivity (Wildman–Crippen MR) is 93.6 cm³/mol. The average molecular weight is 318 g/mol. The second-order valence-corrected chi connectivity index (χ2v) is 7.48. The van der Waals surface area contributed by atoms with Crippen LogP contribution in [0.4, 0.5) is 0 Å². The van der Waals surface area contributed by atoms with Crippen molar-refractivity contribution in [3.8, 4) is 5.75 Å². The summed E-state index contributed by atoms with van der Waals surface area (Å²) in [6, 6.07) is 9.76. The summed E-state index contributed by atoms with van der Waals surface area (Å²) < 4.78 is 5.64. The molecule has 0 aliphatic carbocycles. The van der Waals surface area contributed by atoms with Crippen LogP contribution in [0.3, 0.4) is 0 Å². The summed E-state index contributed by atoms with van der Waals surface area (Å²) in [5.74, 6) is 1.13. The van der Waals surface area contributed by atoms with E-state index in [-0.39, 0.29) is 5.91 Å². The van der Waals surface area contributed by atoms with Crippen LogP contribution in [0.25, 0.3) is 0 Å². The molecule has 1 aliphatic rings. The highest BCUT2D eigenvalue weighted by atomic mass is 16.5. The van der Waals surface area contributed by atoms with E-state index in [9.17, 15) is 4.79 Å². The van der Waals surface area contributed by atoms with E-state index in [2.05, 4.69) is 25.7 Å². The van der Waals surface area contributed by atoms with E-state index < -0.39 is 0 Å². The van der Waals surface area contributed by atoms with Crippen molar-refractivity contribution in [3.05, 3.63) is 30.3 Å². The molecular weight excluding hydrogens is 288 g/mol. The van der Waals surface area contributed by atoms with Gasteiger partial charge in [0.25, 0.3) is 0 Å². The zero-order valence-electron chi connectivity index (χ0n) is 14.8. The fraction of sp³-hybridized carbons (Fsp3) is 0.632. The van der Waals surface area contributed by atoms with Gasteiger partial charge in [-0.05, 0) is 24.0 Å². The molecule has 0 aromatic heterocycles. The first-order chi connectivity index (χ1) is 10.9. The van der Waals surface area contributed by atoms with Gasteiger partial charge in [0.05, 0.1) is 6.61 Å². The number of carbonyl (C=O) groups is 1. The van der Waals surface area contributed by atoms with E-state index in [4.69, 9.17) is 4.74 Å². The molecule has 128 valence electrons. The lowest BCUT2D eigenvalue weighted by Crippen LogP contribution is -2.50. The number of nitrogens with zero attached hydrogens (tertiary/aromatic N) is 2. The van der Waals surface area contributed by atoms with Crippen molar-refractivity contribution in [1.29, 1.82) is 0 Å². The van der Waals surface area contributed by atoms with Crippen LogP contribution in [0.1, 0.15) is 33.6 Å². The van der Waals surface area contributed by atoms with Crippen LogP contribution in [-0.4, -0.2) is 55.0 Å². The predicted octanol–water partition coefficient (Wildman–Crippen LogP) is 3.04. The molecule has 0 atom stereocenters. The van der Waals surface area contributed by atoms with Gasteiger partial charge in [-0.15, -0.1) is 0 Å². The molecule has 0 spiro atoms. The highest BCUT2D eigenvalue weighted by Gasteiger charge is 2.23. The Morgan fingerprint density at radius 1 is 1.09 bits per heavy atom. The van der Waals surface area contributed by atoms with E-state index >= 15 is 0 Å². The number of rotatable bonds is 6. The number of hydrogen-bond donors (Lipinski definition) is 0. The number of amides is 1. The van der Waals surface area contributed by atoms with Crippen molar-refractivity contribution < 1.29 is 9.53 Å². The maximum Gasteiger partial charge on any atom is 0.222 e. The Balaban J connectivity index is 1.61. The molecule has 0 unspecified atom stereocenters. The molecule has 4 nitrogen and oxygen atoms in total. The largest absolute Gasteiger partial charge is 0.494 e. The maximum atomic E-state index is 12.3. The molecule has 0 N–H and O–H groups in total. The molecule has 1 heterocycles. The highest BCUT2D eigenvalue weighted by molar-refractivity contribution is 5.76. The molecule has 1 aromatic carbocycles. The zero-order valence-corrected chi connectivity index (χ0v) is 14.8. The van der Waals surface area contributed by atoms with Crippen LogP contribution in [0, 0.1) is 5.41 Å². The van der Waals surface area contributed by atoms with E-state index in [0.717, 1.165) is 44.9 Å². The minimum absolute atomic E-state index is 0.261. The standard InChI is InChI=1S/C19H30N2O2/c1-19(2,3)16-20-11-13-21(14-12-20)18(22)10-7-15-23-17-8-5-4-6-9-17/h4-6,8-9H,7,10-16H2,1-3H3. The second kappa shape index (κ2) is 8.34. The molecule has 1 saturated heterocycles. The van der Waals surface area contributed by atoms with Crippen molar-refractivity contribution in [3.63, 3.8) is 0 Å². The van der Waals surface area contributed by atoms with Crippen LogP contribution in [-0.2, 0) is 4.79 Å². The highest BCUT2D eigenvalue weighted by Crippen LogP contribution is 2.17. The van der Waals surface area contributed by atoms with E-state index in [1.165, 1.54) is 0 Å². The summed E-state index contributed by atoms with van der Waals surface area (Å²) in [7, 11) is 0. The SMILES string of the molecule is CC(C)(C)CN1CCN(C(=O)CCCOc2ccccc2)CC1. The summed E-state index contributed by atoms with van der Waals surface area (Å²) in [6.07, 6.45) is 1.35. The van der Waals surface area contributed by atoms with Crippen molar-refractivity contribution in [1.82, 2.24) is 9.80 Å². The number of hydrogen-bond acceptors (Lipinski definition) is 3. The quantitative estimate of drug-likeness (QED) is 0.756. The van der Waals surface area contributed by atoms with Crippen LogP contribution in [0.2, 0.25) is 0 Å². The molecule has 0 bridgehead atoms. The Labute approximate surface area is 140 Å². The summed E-state index contributed by atoms with van der Waals surface area (Å²) in [6.45, 7) is 12.2. The summed E-state index contributed by atoms with van der Waals surface area (Å²) in [5.41, 5.74) is 0.320. The van der Waals surface area contributed by atoms with Gasteiger partial charge >= 0.3 is 0 Å². The molecule has 0 radical (unpaired) electrons. The Hall–Kier alpha value is -1.55. The summed E-state index contributed by atoms with van der Waals surface area (Å²) in [5, 5.41) is 0. The number of ether oxygens (including phenoxy) is 1. The van der Waals surface area contributed by atoms with Gasteiger partial charge in [0.2, 0.25) is 5.91 Å². The van der Waals surface area contributed by atoms with Gasteiger partial charge in [-0.2, -0.15) is 0 Å². The zero-order chi connectivity index (χ0) is 16.7. The lowest BCUT2D eigenvalue weighted by atomic mass is 9.96. The maximum absolute atomic E-state index is 12.3. The lowest BCUT2D eigenvalue weighted by Gasteiger charge is -2.37. The monoisotopic (exact) mass is 318 g/mol. The van der Waals surface area contributed by atoms with E-state index in [1.54, 1.807) is 0 Å². The van der Waals surface area contributed by atoms with Crippen LogP contribution < -0.4 is 4.74 Å². The van der Waals surface area contributed by atoms with E-state index in [0.29, 0.717) is 18.4 Å². The normalized spacial score (nSPS) is 16.4. The van der Waals surface area contributed by atoms with Gasteiger partial charge in [0.1, 0.15) is 5.75 Å². The third-order valence-electron chi connectivity index (χ3n) is 3.97. The van der Waals surface area contributed by atoms with Crippen LogP contribution >= 0.6 is 0 Å². The van der Waals surface area contributed by atoms with Gasteiger partial charge in [-0.3, -0.25) is 9.69 Å². The average Bonchev–Trinajstić information content (AvgIpc) is 2.51. The van der Waals surface area contributed by atoms with Crippen molar-refractivity contribution in [2.75, 3.05) is 39.3 Å². The van der Waals surface area contributed by atoms with Gasteiger partial charge in [-0.1, -0.05) is 39.0 Å². The number of piperazine rings is 1. The molecule has 23 heavy (non-hydrogen) atoms. The summed E-state index contributed by atoms with van der Waals surface area (Å²) >= 11 is 0. The first kappa shape index (κ1) is 17.8. The molecule has 4 heteroatoms. The van der Waals surface area contributed by atoms with Crippen LogP contribution in [0.15, 0.2) is 30.3 Å². The summed E-state index contributed by atoms with van der Waals surface area (Å²) in [4.78, 5) is 16.7. The second-order valence-electron chi connectivity index (χ2n) is 7.48. The molecule has 1 amide bonds.